The van der Waals surface area contributed by atoms with Crippen molar-refractivity contribution in [1.82, 2.24) is 14.8 Å². The summed E-state index contributed by atoms with van der Waals surface area (Å²) in [4.78, 5) is 21.9. The third kappa shape index (κ3) is 5.60. The van der Waals surface area contributed by atoms with E-state index in [0.717, 1.165) is 37.1 Å². The largest absolute Gasteiger partial charge is 0.482 e. The lowest BCUT2D eigenvalue weighted by atomic mass is 10.0. The molecular weight excluding hydrogens is 526 g/mol. The molecule has 0 aliphatic carbocycles. The second kappa shape index (κ2) is 11.5. The first-order valence-electron chi connectivity index (χ1n) is 13.0. The number of nitrogen functional groups attached to an aromatic ring is 1. The van der Waals surface area contributed by atoms with Crippen molar-refractivity contribution in [2.24, 2.45) is 0 Å². The number of ether oxygens (including phenoxy) is 1. The Morgan fingerprint density at radius 3 is 2.37 bits per heavy atom. The third-order valence-electron chi connectivity index (χ3n) is 7.55. The zero-order valence-corrected chi connectivity index (χ0v) is 22.8. The number of carbonyl (C=O) groups excluding carboxylic acids is 1. The Morgan fingerprint density at radius 2 is 1.68 bits per heavy atom. The molecule has 2 aliphatic rings. The molecule has 200 valence electrons. The number of hydrogen-bond acceptors (Lipinski definition) is 5. The van der Waals surface area contributed by atoms with Crippen molar-refractivity contribution in [3.05, 3.63) is 75.7 Å². The van der Waals surface area contributed by atoms with Crippen molar-refractivity contribution in [2.75, 3.05) is 31.9 Å². The van der Waals surface area contributed by atoms with Gasteiger partial charge >= 0.3 is 0 Å². The van der Waals surface area contributed by atoms with Crippen LogP contribution in [0.5, 0.6) is 5.75 Å². The van der Waals surface area contributed by atoms with Crippen molar-refractivity contribution in [3.8, 4) is 16.9 Å². The van der Waals surface area contributed by atoms with Gasteiger partial charge in [0.25, 0.3) is 5.91 Å². The molecule has 38 heavy (non-hydrogen) atoms. The second-order valence-corrected chi connectivity index (χ2v) is 10.8. The molecule has 2 saturated heterocycles. The fourth-order valence-electron chi connectivity index (χ4n) is 5.40. The molecule has 0 radical (unpaired) electrons. The lowest BCUT2D eigenvalue weighted by Gasteiger charge is -2.36. The number of piperidine rings is 1. The quantitative estimate of drug-likeness (QED) is 0.345. The maximum Gasteiger partial charge on any atom is 0.253 e. The summed E-state index contributed by atoms with van der Waals surface area (Å²) in [5.41, 5.74) is 8.47. The van der Waals surface area contributed by atoms with E-state index in [9.17, 15) is 9.18 Å². The minimum absolute atomic E-state index is 0.0368. The maximum absolute atomic E-state index is 14.6. The number of benzene rings is 2. The monoisotopic (exact) mass is 556 g/mol. The first-order valence-corrected chi connectivity index (χ1v) is 13.8. The van der Waals surface area contributed by atoms with Crippen molar-refractivity contribution < 1.29 is 13.9 Å². The first-order chi connectivity index (χ1) is 18.3. The van der Waals surface area contributed by atoms with Crippen LogP contribution in [-0.2, 0) is 0 Å². The van der Waals surface area contributed by atoms with Gasteiger partial charge in [0.2, 0.25) is 0 Å². The topological polar surface area (TPSA) is 71.7 Å². The number of halogens is 3. The van der Waals surface area contributed by atoms with Gasteiger partial charge in [-0.15, -0.1) is 0 Å². The second-order valence-electron chi connectivity index (χ2n) is 9.97. The number of rotatable bonds is 6. The number of likely N-dealkylation sites (tertiary alicyclic amines) is 2. The molecule has 9 heteroatoms. The maximum atomic E-state index is 14.6. The third-order valence-corrected chi connectivity index (χ3v) is 8.17. The summed E-state index contributed by atoms with van der Waals surface area (Å²) < 4.78 is 20.6. The van der Waals surface area contributed by atoms with Gasteiger partial charge in [-0.05, 0) is 81.6 Å². The van der Waals surface area contributed by atoms with Crippen LogP contribution in [0.4, 0.5) is 10.2 Å². The van der Waals surface area contributed by atoms with E-state index in [1.54, 1.807) is 19.2 Å². The van der Waals surface area contributed by atoms with Gasteiger partial charge in [-0.3, -0.25) is 4.79 Å². The Hall–Kier alpha value is -2.87. The van der Waals surface area contributed by atoms with E-state index >= 15 is 0 Å². The van der Waals surface area contributed by atoms with Crippen LogP contribution in [0, 0.1) is 5.82 Å². The molecule has 2 N–H and O–H groups in total. The van der Waals surface area contributed by atoms with Gasteiger partial charge in [0.1, 0.15) is 11.9 Å². The summed E-state index contributed by atoms with van der Waals surface area (Å²) in [5, 5.41) is 0.174. The zero-order chi connectivity index (χ0) is 26.8. The Balaban J connectivity index is 1.27. The standard InChI is InChI=1S/C29H31Cl2FN4O2/c1-18(26-23(30)8-9-24(31)27(26)32)38-25-16-21(17-34-28(25)33)19-4-6-20(7-5-19)29(37)36-14-10-22(11-15-36)35-12-2-3-13-35/h4-9,16-18,22H,2-3,10-15H2,1H3,(H2,33,34). The van der Waals surface area contributed by atoms with E-state index in [1.165, 1.54) is 38.1 Å². The Labute approximate surface area is 232 Å². The fourth-order valence-corrected chi connectivity index (χ4v) is 5.87. The summed E-state index contributed by atoms with van der Waals surface area (Å²) in [6.07, 6.45) is 5.53. The molecular formula is C29H31Cl2FN4O2. The van der Waals surface area contributed by atoms with Crippen molar-refractivity contribution in [2.45, 2.75) is 44.8 Å². The highest BCUT2D eigenvalue weighted by Crippen LogP contribution is 2.36. The normalized spacial score (nSPS) is 17.5. The molecule has 2 aliphatic heterocycles. The minimum Gasteiger partial charge on any atom is -0.482 e. The van der Waals surface area contributed by atoms with E-state index in [0.29, 0.717) is 17.4 Å². The SMILES string of the molecule is CC(Oc1cc(-c2ccc(C(=O)N3CCC(N4CCCC4)CC3)cc2)cnc1N)c1c(Cl)ccc(Cl)c1F. The number of carbonyl (C=O) groups is 1. The molecule has 0 saturated carbocycles. The number of nitrogens with zero attached hydrogens (tertiary/aromatic N) is 3. The van der Waals surface area contributed by atoms with Crippen LogP contribution in [0.1, 0.15) is 54.6 Å². The lowest BCUT2D eigenvalue weighted by Crippen LogP contribution is -2.45. The van der Waals surface area contributed by atoms with Crippen LogP contribution < -0.4 is 10.5 Å². The highest BCUT2D eigenvalue weighted by Gasteiger charge is 2.28. The molecule has 2 fully saturated rings. The fraction of sp³-hybridized carbons (Fsp3) is 0.379. The van der Waals surface area contributed by atoms with Gasteiger partial charge in [0, 0.05) is 42.0 Å². The summed E-state index contributed by atoms with van der Waals surface area (Å²) in [6.45, 7) is 5.63. The van der Waals surface area contributed by atoms with Crippen molar-refractivity contribution in [1.29, 1.82) is 0 Å². The van der Waals surface area contributed by atoms with Gasteiger partial charge in [-0.25, -0.2) is 9.37 Å². The molecule has 5 rings (SSSR count). The number of pyridine rings is 1. The highest BCUT2D eigenvalue weighted by atomic mass is 35.5. The van der Waals surface area contributed by atoms with E-state index < -0.39 is 11.9 Å². The summed E-state index contributed by atoms with van der Waals surface area (Å²) >= 11 is 12.1. The molecule has 3 aromatic rings. The van der Waals surface area contributed by atoms with E-state index in [2.05, 4.69) is 9.88 Å². The van der Waals surface area contributed by atoms with E-state index in [4.69, 9.17) is 33.7 Å². The first kappa shape index (κ1) is 26.7. The summed E-state index contributed by atoms with van der Waals surface area (Å²) in [6, 6.07) is 12.7. The molecule has 1 aromatic heterocycles. The van der Waals surface area contributed by atoms with Crippen LogP contribution >= 0.6 is 23.2 Å². The van der Waals surface area contributed by atoms with Crippen molar-refractivity contribution in [3.63, 3.8) is 0 Å². The highest BCUT2D eigenvalue weighted by molar-refractivity contribution is 6.33. The predicted molar refractivity (Wildman–Crippen MR) is 149 cm³/mol. The molecule has 2 aromatic carbocycles. The number of anilines is 1. The average molecular weight is 557 g/mol. The lowest BCUT2D eigenvalue weighted by molar-refractivity contribution is 0.0644. The number of nitrogens with two attached hydrogens (primary N) is 1. The molecule has 1 unspecified atom stereocenters. The van der Waals surface area contributed by atoms with Crippen LogP contribution in [0.2, 0.25) is 10.0 Å². The Morgan fingerprint density at radius 1 is 1.03 bits per heavy atom. The summed E-state index contributed by atoms with van der Waals surface area (Å²) in [7, 11) is 0. The molecule has 1 amide bonds. The van der Waals surface area contributed by atoms with Gasteiger partial charge in [0.15, 0.2) is 11.6 Å². The Bertz CT molecular complexity index is 1310. The predicted octanol–water partition coefficient (Wildman–Crippen LogP) is 6.62. The minimum atomic E-state index is -0.754. The van der Waals surface area contributed by atoms with Crippen LogP contribution in [0.3, 0.4) is 0 Å². The molecule has 6 nitrogen and oxygen atoms in total. The molecule has 0 bridgehead atoms. The van der Waals surface area contributed by atoms with Gasteiger partial charge in [-0.1, -0.05) is 35.3 Å². The molecule has 1 atom stereocenters. The van der Waals surface area contributed by atoms with Crippen LogP contribution in [0.25, 0.3) is 11.1 Å². The smallest absolute Gasteiger partial charge is 0.253 e. The number of aromatic nitrogens is 1. The van der Waals surface area contributed by atoms with Gasteiger partial charge in [0.05, 0.1) is 10.0 Å². The average Bonchev–Trinajstić information content (AvgIpc) is 3.47. The summed E-state index contributed by atoms with van der Waals surface area (Å²) in [5.74, 6) is -0.102. The van der Waals surface area contributed by atoms with E-state index in [1.807, 2.05) is 29.2 Å². The van der Waals surface area contributed by atoms with E-state index in [-0.39, 0.29) is 27.3 Å². The van der Waals surface area contributed by atoms with Gasteiger partial charge < -0.3 is 20.3 Å². The molecule has 3 heterocycles. The van der Waals surface area contributed by atoms with Gasteiger partial charge in [-0.2, -0.15) is 0 Å². The zero-order valence-electron chi connectivity index (χ0n) is 21.3. The number of hydrogen-bond donors (Lipinski definition) is 1. The molecule has 0 spiro atoms. The van der Waals surface area contributed by atoms with Crippen LogP contribution in [0.15, 0.2) is 48.7 Å². The Kier molecular flexibility index (Phi) is 8.07. The van der Waals surface area contributed by atoms with Crippen LogP contribution in [-0.4, -0.2) is 52.9 Å². The van der Waals surface area contributed by atoms with Crippen molar-refractivity contribution >= 4 is 34.9 Å². The number of amides is 1.